The van der Waals surface area contributed by atoms with Crippen molar-refractivity contribution in [2.45, 2.75) is 71.9 Å². The lowest BCUT2D eigenvalue weighted by atomic mass is 9.86. The van der Waals surface area contributed by atoms with Gasteiger partial charge in [0.1, 0.15) is 0 Å². The minimum absolute atomic E-state index is 0.603. The molecule has 2 rings (SSSR count). The molecule has 3 unspecified atom stereocenters. The summed E-state index contributed by atoms with van der Waals surface area (Å²) in [6.07, 6.45) is 7.07. The maximum Gasteiger partial charge on any atom is 0.0221 e. The Morgan fingerprint density at radius 3 is 2.61 bits per heavy atom. The zero-order valence-corrected chi connectivity index (χ0v) is 12.8. The molecule has 0 radical (unpaired) electrons. The highest BCUT2D eigenvalue weighted by Crippen LogP contribution is 2.38. The minimum atomic E-state index is 0.603. The van der Waals surface area contributed by atoms with Crippen molar-refractivity contribution in [3.8, 4) is 0 Å². The first-order valence-corrected chi connectivity index (χ1v) is 8.01. The summed E-state index contributed by atoms with van der Waals surface area (Å²) in [5, 5.41) is 3.75. The van der Waals surface area contributed by atoms with E-state index in [0.717, 1.165) is 5.92 Å². The maximum absolute atomic E-state index is 3.75. The summed E-state index contributed by atoms with van der Waals surface area (Å²) >= 11 is 0. The second-order valence-corrected chi connectivity index (χ2v) is 7.20. The third kappa shape index (κ3) is 3.27. The molecule has 2 heteroatoms. The molecule has 0 aromatic carbocycles. The van der Waals surface area contributed by atoms with Crippen LogP contribution in [0.4, 0.5) is 0 Å². The molecule has 18 heavy (non-hydrogen) atoms. The van der Waals surface area contributed by atoms with Crippen molar-refractivity contribution in [2.24, 2.45) is 11.3 Å². The van der Waals surface area contributed by atoms with Crippen LogP contribution in [-0.2, 0) is 0 Å². The molecule has 0 spiro atoms. The molecule has 0 aromatic heterocycles. The Kier molecular flexibility index (Phi) is 4.71. The SMILES string of the molecule is CCC(C)C1CN(CC2(C)CCCC2)C(C)CN1. The fourth-order valence-electron chi connectivity index (χ4n) is 3.71. The van der Waals surface area contributed by atoms with Crippen LogP contribution in [0.5, 0.6) is 0 Å². The smallest absolute Gasteiger partial charge is 0.0221 e. The van der Waals surface area contributed by atoms with Gasteiger partial charge in [0, 0.05) is 31.7 Å². The Hall–Kier alpha value is -0.0800. The Bertz CT molecular complexity index is 258. The van der Waals surface area contributed by atoms with Gasteiger partial charge >= 0.3 is 0 Å². The summed E-state index contributed by atoms with van der Waals surface area (Å²) in [5.74, 6) is 0.802. The zero-order chi connectivity index (χ0) is 13.2. The normalized spacial score (nSPS) is 34.7. The number of nitrogens with zero attached hydrogens (tertiary/aromatic N) is 1. The van der Waals surface area contributed by atoms with Crippen LogP contribution < -0.4 is 5.32 Å². The third-order valence-corrected chi connectivity index (χ3v) is 5.46. The van der Waals surface area contributed by atoms with E-state index in [9.17, 15) is 0 Å². The molecular weight excluding hydrogens is 220 g/mol. The van der Waals surface area contributed by atoms with Crippen molar-refractivity contribution < 1.29 is 0 Å². The first kappa shape index (κ1) is 14.3. The van der Waals surface area contributed by atoms with E-state index in [1.54, 1.807) is 0 Å². The van der Waals surface area contributed by atoms with Gasteiger partial charge in [-0.15, -0.1) is 0 Å². The summed E-state index contributed by atoms with van der Waals surface area (Å²) in [7, 11) is 0. The Labute approximate surface area is 114 Å². The minimum Gasteiger partial charge on any atom is -0.311 e. The number of hydrogen-bond acceptors (Lipinski definition) is 2. The van der Waals surface area contributed by atoms with Gasteiger partial charge in [-0.3, -0.25) is 4.90 Å². The van der Waals surface area contributed by atoms with Gasteiger partial charge in [-0.25, -0.2) is 0 Å². The molecular formula is C16H32N2. The Morgan fingerprint density at radius 2 is 2.00 bits per heavy atom. The highest BCUT2D eigenvalue weighted by molar-refractivity contribution is 4.91. The number of rotatable bonds is 4. The van der Waals surface area contributed by atoms with Crippen LogP contribution in [0, 0.1) is 11.3 Å². The Morgan fingerprint density at radius 1 is 1.33 bits per heavy atom. The van der Waals surface area contributed by atoms with Gasteiger partial charge in [0.2, 0.25) is 0 Å². The van der Waals surface area contributed by atoms with E-state index in [1.807, 2.05) is 0 Å². The monoisotopic (exact) mass is 252 g/mol. The van der Waals surface area contributed by atoms with Crippen LogP contribution >= 0.6 is 0 Å². The van der Waals surface area contributed by atoms with Crippen LogP contribution in [0.3, 0.4) is 0 Å². The van der Waals surface area contributed by atoms with Crippen molar-refractivity contribution in [3.05, 3.63) is 0 Å². The van der Waals surface area contributed by atoms with Crippen LogP contribution in [0.15, 0.2) is 0 Å². The molecule has 3 atom stereocenters. The van der Waals surface area contributed by atoms with Crippen molar-refractivity contribution in [3.63, 3.8) is 0 Å². The molecule has 1 aliphatic carbocycles. The predicted molar refractivity (Wildman–Crippen MR) is 78.9 cm³/mol. The largest absolute Gasteiger partial charge is 0.311 e. The lowest BCUT2D eigenvalue weighted by molar-refractivity contribution is 0.0739. The fraction of sp³-hybridized carbons (Fsp3) is 1.00. The van der Waals surface area contributed by atoms with Crippen LogP contribution in [0.25, 0.3) is 0 Å². The van der Waals surface area contributed by atoms with Gasteiger partial charge in [-0.1, -0.05) is 40.0 Å². The molecule has 2 fully saturated rings. The molecule has 0 amide bonds. The van der Waals surface area contributed by atoms with Gasteiger partial charge in [-0.2, -0.15) is 0 Å². The lowest BCUT2D eigenvalue weighted by Gasteiger charge is -2.44. The third-order valence-electron chi connectivity index (χ3n) is 5.46. The fourth-order valence-corrected chi connectivity index (χ4v) is 3.71. The summed E-state index contributed by atoms with van der Waals surface area (Å²) < 4.78 is 0. The number of hydrogen-bond donors (Lipinski definition) is 1. The Balaban J connectivity index is 1.93. The topological polar surface area (TPSA) is 15.3 Å². The molecule has 1 heterocycles. The highest BCUT2D eigenvalue weighted by Gasteiger charge is 2.35. The van der Waals surface area contributed by atoms with Crippen LogP contribution in [0.2, 0.25) is 0 Å². The van der Waals surface area contributed by atoms with E-state index in [-0.39, 0.29) is 0 Å². The van der Waals surface area contributed by atoms with Crippen molar-refractivity contribution in [1.29, 1.82) is 0 Å². The van der Waals surface area contributed by atoms with Crippen molar-refractivity contribution in [1.82, 2.24) is 10.2 Å². The summed E-state index contributed by atoms with van der Waals surface area (Å²) in [5.41, 5.74) is 0.603. The second kappa shape index (κ2) is 5.92. The van der Waals surface area contributed by atoms with E-state index in [4.69, 9.17) is 0 Å². The maximum atomic E-state index is 3.75. The van der Waals surface area contributed by atoms with Crippen molar-refractivity contribution in [2.75, 3.05) is 19.6 Å². The lowest BCUT2D eigenvalue weighted by Crippen LogP contribution is -2.58. The molecule has 1 saturated heterocycles. The van der Waals surface area contributed by atoms with Gasteiger partial charge in [0.05, 0.1) is 0 Å². The van der Waals surface area contributed by atoms with Gasteiger partial charge in [-0.05, 0) is 31.1 Å². The predicted octanol–water partition coefficient (Wildman–Crippen LogP) is 3.28. The quantitative estimate of drug-likeness (QED) is 0.826. The van der Waals surface area contributed by atoms with Crippen molar-refractivity contribution >= 4 is 0 Å². The number of piperazine rings is 1. The molecule has 1 aliphatic heterocycles. The van der Waals surface area contributed by atoms with E-state index < -0.39 is 0 Å². The highest BCUT2D eigenvalue weighted by atomic mass is 15.2. The molecule has 0 bridgehead atoms. The van der Waals surface area contributed by atoms with Crippen LogP contribution in [-0.4, -0.2) is 36.6 Å². The number of nitrogens with one attached hydrogen (secondary N) is 1. The first-order valence-electron chi connectivity index (χ1n) is 8.01. The molecule has 1 N–H and O–H groups in total. The summed E-state index contributed by atoms with van der Waals surface area (Å²) in [4.78, 5) is 2.76. The summed E-state index contributed by atoms with van der Waals surface area (Å²) in [6, 6.07) is 1.42. The van der Waals surface area contributed by atoms with E-state index >= 15 is 0 Å². The molecule has 106 valence electrons. The van der Waals surface area contributed by atoms with E-state index in [1.165, 1.54) is 51.7 Å². The molecule has 0 aromatic rings. The van der Waals surface area contributed by atoms with E-state index in [0.29, 0.717) is 17.5 Å². The molecule has 2 aliphatic rings. The summed E-state index contributed by atoms with van der Waals surface area (Å²) in [6.45, 7) is 13.3. The second-order valence-electron chi connectivity index (χ2n) is 7.20. The van der Waals surface area contributed by atoms with Gasteiger partial charge in [0.15, 0.2) is 0 Å². The zero-order valence-electron chi connectivity index (χ0n) is 12.8. The first-order chi connectivity index (χ1) is 8.54. The average Bonchev–Trinajstić information content (AvgIpc) is 2.78. The van der Waals surface area contributed by atoms with E-state index in [2.05, 4.69) is 37.9 Å². The standard InChI is InChI=1S/C16H32N2/c1-5-13(2)15-11-18(14(3)10-17-15)12-16(4)8-6-7-9-16/h13-15,17H,5-12H2,1-4H3. The van der Waals surface area contributed by atoms with Crippen LogP contribution in [0.1, 0.15) is 59.8 Å². The molecule has 1 saturated carbocycles. The van der Waals surface area contributed by atoms with Gasteiger partial charge < -0.3 is 5.32 Å². The average molecular weight is 252 g/mol. The van der Waals surface area contributed by atoms with Gasteiger partial charge in [0.25, 0.3) is 0 Å². The molecule has 2 nitrogen and oxygen atoms in total.